The number of carbonyl (C=O) groups is 3. The molecule has 1 unspecified atom stereocenters. The normalized spacial score (nSPS) is 19.0. The number of rotatable bonds is 8. The Morgan fingerprint density at radius 1 is 1.33 bits per heavy atom. The van der Waals surface area contributed by atoms with E-state index in [-0.39, 0.29) is 30.9 Å². The van der Waals surface area contributed by atoms with E-state index in [9.17, 15) is 14.4 Å². The van der Waals surface area contributed by atoms with Crippen LogP contribution in [0.3, 0.4) is 0 Å². The van der Waals surface area contributed by atoms with Crippen LogP contribution in [0, 0.1) is 0 Å². The number of hydrogen-bond acceptors (Lipinski definition) is 5. The van der Waals surface area contributed by atoms with Gasteiger partial charge in [0.25, 0.3) is 0 Å². The molecule has 0 aromatic rings. The van der Waals surface area contributed by atoms with E-state index in [4.69, 9.17) is 5.11 Å². The maximum absolute atomic E-state index is 11.8. The van der Waals surface area contributed by atoms with Crippen LogP contribution in [0.25, 0.3) is 0 Å². The molecule has 0 aromatic carbocycles. The Hall–Kier alpha value is -1.63. The molecule has 1 atom stereocenters. The fourth-order valence-corrected chi connectivity index (χ4v) is 2.48. The van der Waals surface area contributed by atoms with Crippen molar-refractivity contribution in [1.82, 2.24) is 10.2 Å². The first-order chi connectivity index (χ1) is 10.0. The second-order valence-corrected chi connectivity index (χ2v) is 5.25. The van der Waals surface area contributed by atoms with Gasteiger partial charge >= 0.3 is 11.9 Å². The van der Waals surface area contributed by atoms with E-state index in [0.29, 0.717) is 19.4 Å². The van der Waals surface area contributed by atoms with Gasteiger partial charge in [-0.15, -0.1) is 0 Å². The van der Waals surface area contributed by atoms with Crippen LogP contribution in [0.4, 0.5) is 0 Å². The van der Waals surface area contributed by atoms with Crippen molar-refractivity contribution in [1.29, 1.82) is 0 Å². The van der Waals surface area contributed by atoms with E-state index in [1.807, 2.05) is 4.90 Å². The molecule has 7 nitrogen and oxygen atoms in total. The third-order valence-electron chi connectivity index (χ3n) is 3.62. The van der Waals surface area contributed by atoms with Crippen molar-refractivity contribution >= 4 is 17.8 Å². The van der Waals surface area contributed by atoms with E-state index in [0.717, 1.165) is 25.8 Å². The lowest BCUT2D eigenvalue weighted by Gasteiger charge is -2.34. The maximum atomic E-state index is 11.8. The summed E-state index contributed by atoms with van der Waals surface area (Å²) >= 11 is 0. The number of piperidine rings is 1. The van der Waals surface area contributed by atoms with Crippen molar-refractivity contribution < 1.29 is 24.2 Å². The second-order valence-electron chi connectivity index (χ2n) is 5.25. The van der Waals surface area contributed by atoms with Crippen LogP contribution in [0.5, 0.6) is 0 Å². The molecule has 1 heterocycles. The van der Waals surface area contributed by atoms with Crippen LogP contribution < -0.4 is 5.32 Å². The number of nitrogens with zero attached hydrogens (tertiary/aromatic N) is 1. The summed E-state index contributed by atoms with van der Waals surface area (Å²) < 4.78 is 4.69. The molecule has 0 bridgehead atoms. The Bertz CT molecular complexity index is 372. The van der Waals surface area contributed by atoms with Gasteiger partial charge in [-0.1, -0.05) is 6.42 Å². The summed E-state index contributed by atoms with van der Waals surface area (Å²) in [5.41, 5.74) is 0. The van der Waals surface area contributed by atoms with Crippen molar-refractivity contribution in [2.24, 2.45) is 0 Å². The monoisotopic (exact) mass is 300 g/mol. The first-order valence-corrected chi connectivity index (χ1v) is 7.32. The van der Waals surface area contributed by atoms with Crippen molar-refractivity contribution in [2.75, 3.05) is 26.7 Å². The van der Waals surface area contributed by atoms with E-state index < -0.39 is 5.97 Å². The van der Waals surface area contributed by atoms with Gasteiger partial charge in [0, 0.05) is 19.0 Å². The minimum Gasteiger partial charge on any atom is -0.481 e. The van der Waals surface area contributed by atoms with E-state index in [2.05, 4.69) is 10.1 Å². The fourth-order valence-electron chi connectivity index (χ4n) is 2.48. The van der Waals surface area contributed by atoms with Gasteiger partial charge in [0.2, 0.25) is 5.91 Å². The Kier molecular flexibility index (Phi) is 7.74. The zero-order valence-corrected chi connectivity index (χ0v) is 12.5. The zero-order chi connectivity index (χ0) is 15.7. The van der Waals surface area contributed by atoms with E-state index in [1.54, 1.807) is 0 Å². The van der Waals surface area contributed by atoms with Crippen molar-refractivity contribution in [3.05, 3.63) is 0 Å². The van der Waals surface area contributed by atoms with Crippen LogP contribution in [0.15, 0.2) is 0 Å². The summed E-state index contributed by atoms with van der Waals surface area (Å²) in [6.07, 6.45) is 3.74. The molecule has 1 saturated heterocycles. The average molecular weight is 300 g/mol. The lowest BCUT2D eigenvalue weighted by Crippen LogP contribution is -2.46. The number of carbonyl (C=O) groups excluding carboxylic acids is 2. The Morgan fingerprint density at radius 3 is 2.76 bits per heavy atom. The number of methoxy groups -OCH3 is 1. The van der Waals surface area contributed by atoms with Crippen LogP contribution >= 0.6 is 0 Å². The quantitative estimate of drug-likeness (QED) is 0.497. The molecule has 0 saturated carbocycles. The predicted molar refractivity (Wildman–Crippen MR) is 75.7 cm³/mol. The SMILES string of the molecule is COC(=O)CC1CCCCN1CC(=O)NCCCC(=O)O. The zero-order valence-electron chi connectivity index (χ0n) is 12.5. The molecule has 0 aliphatic carbocycles. The summed E-state index contributed by atoms with van der Waals surface area (Å²) in [5.74, 6) is -1.25. The number of esters is 1. The molecule has 1 aliphatic rings. The molecule has 21 heavy (non-hydrogen) atoms. The summed E-state index contributed by atoms with van der Waals surface area (Å²) in [7, 11) is 1.37. The summed E-state index contributed by atoms with van der Waals surface area (Å²) in [6.45, 7) is 1.40. The first kappa shape index (κ1) is 17.4. The Labute approximate surface area is 124 Å². The lowest BCUT2D eigenvalue weighted by molar-refractivity contribution is -0.143. The fraction of sp³-hybridized carbons (Fsp3) is 0.786. The second kappa shape index (κ2) is 9.33. The molecular formula is C14H24N2O5. The van der Waals surface area contributed by atoms with Gasteiger partial charge in [-0.2, -0.15) is 0 Å². The largest absolute Gasteiger partial charge is 0.481 e. The average Bonchev–Trinajstić information content (AvgIpc) is 2.45. The van der Waals surface area contributed by atoms with Gasteiger partial charge in [0.05, 0.1) is 20.1 Å². The third-order valence-corrected chi connectivity index (χ3v) is 3.62. The van der Waals surface area contributed by atoms with Gasteiger partial charge in [-0.05, 0) is 25.8 Å². The number of likely N-dealkylation sites (tertiary alicyclic amines) is 1. The lowest BCUT2D eigenvalue weighted by atomic mass is 9.99. The maximum Gasteiger partial charge on any atom is 0.307 e. The molecule has 0 radical (unpaired) electrons. The van der Waals surface area contributed by atoms with Crippen molar-refractivity contribution in [3.63, 3.8) is 0 Å². The minimum absolute atomic E-state index is 0.0506. The summed E-state index contributed by atoms with van der Waals surface area (Å²) in [6, 6.07) is 0.0518. The summed E-state index contributed by atoms with van der Waals surface area (Å²) in [4.78, 5) is 35.6. The number of ether oxygens (including phenoxy) is 1. The highest BCUT2D eigenvalue weighted by molar-refractivity contribution is 5.78. The first-order valence-electron chi connectivity index (χ1n) is 7.32. The molecule has 7 heteroatoms. The van der Waals surface area contributed by atoms with Gasteiger partial charge in [-0.25, -0.2) is 0 Å². The van der Waals surface area contributed by atoms with Gasteiger partial charge in [-0.3, -0.25) is 19.3 Å². The Morgan fingerprint density at radius 2 is 2.10 bits per heavy atom. The molecule has 120 valence electrons. The highest BCUT2D eigenvalue weighted by Gasteiger charge is 2.26. The molecule has 1 rings (SSSR count). The van der Waals surface area contributed by atoms with Crippen molar-refractivity contribution in [2.45, 2.75) is 44.6 Å². The molecule has 2 N–H and O–H groups in total. The third kappa shape index (κ3) is 7.08. The number of carboxylic acids is 1. The van der Waals surface area contributed by atoms with Gasteiger partial charge in [0.1, 0.15) is 0 Å². The Balaban J connectivity index is 2.33. The molecule has 1 amide bonds. The van der Waals surface area contributed by atoms with Crippen molar-refractivity contribution in [3.8, 4) is 0 Å². The topological polar surface area (TPSA) is 95.9 Å². The minimum atomic E-state index is -0.863. The van der Waals surface area contributed by atoms with Gasteiger partial charge in [0.15, 0.2) is 0 Å². The number of amides is 1. The molecular weight excluding hydrogens is 276 g/mol. The smallest absolute Gasteiger partial charge is 0.307 e. The number of carboxylic acid groups (broad SMARTS) is 1. The van der Waals surface area contributed by atoms with Crippen LogP contribution in [0.2, 0.25) is 0 Å². The summed E-state index contributed by atoms with van der Waals surface area (Å²) in [5, 5.41) is 11.2. The van der Waals surface area contributed by atoms with Crippen LogP contribution in [0.1, 0.15) is 38.5 Å². The van der Waals surface area contributed by atoms with Crippen LogP contribution in [-0.4, -0.2) is 60.6 Å². The highest BCUT2D eigenvalue weighted by atomic mass is 16.5. The standard InChI is InChI=1S/C14H24N2O5/c1-21-14(20)9-11-5-2-3-8-16(11)10-12(17)15-7-4-6-13(18)19/h11H,2-10H2,1H3,(H,15,17)(H,18,19). The molecule has 1 fully saturated rings. The predicted octanol–water partition coefficient (Wildman–Crippen LogP) is 0.385. The number of hydrogen-bond donors (Lipinski definition) is 2. The number of nitrogens with one attached hydrogen (secondary N) is 1. The van der Waals surface area contributed by atoms with Gasteiger partial charge < -0.3 is 15.2 Å². The van der Waals surface area contributed by atoms with E-state index >= 15 is 0 Å². The van der Waals surface area contributed by atoms with E-state index in [1.165, 1.54) is 7.11 Å². The molecule has 0 spiro atoms. The number of aliphatic carboxylic acids is 1. The highest BCUT2D eigenvalue weighted by Crippen LogP contribution is 2.19. The molecule has 0 aromatic heterocycles. The van der Waals surface area contributed by atoms with Crippen LogP contribution in [-0.2, 0) is 19.1 Å². The molecule has 1 aliphatic heterocycles.